The van der Waals surface area contributed by atoms with E-state index in [0.29, 0.717) is 12.5 Å². The number of guanidine groups is 1. The molecule has 1 heterocycles. The molecule has 0 radical (unpaired) electrons. The number of hydrogen-bond donors (Lipinski definition) is 1. The van der Waals surface area contributed by atoms with Crippen LogP contribution in [0.2, 0.25) is 0 Å². The third-order valence-electron chi connectivity index (χ3n) is 3.97. The lowest BCUT2D eigenvalue weighted by Crippen LogP contribution is -2.36. The molecule has 0 saturated heterocycles. The van der Waals surface area contributed by atoms with E-state index in [1.807, 2.05) is 18.2 Å². The van der Waals surface area contributed by atoms with Crippen LogP contribution in [0.4, 0.5) is 5.69 Å². The number of anilines is 1. The van der Waals surface area contributed by atoms with E-state index in [4.69, 9.17) is 5.73 Å². The molecular weight excluding hydrogens is 326 g/mol. The SMILES string of the molecule is Cc1cccc(C)c1C1CN=C(N)N1c1ccccc1Br. The standard InChI is InChI=1S/C17H18BrN3/c1-11-6-5-7-12(2)16(11)15-10-20-17(19)21(15)14-9-4-3-8-13(14)18/h3-9,15H,10H2,1-2H3,(H2,19,20). The van der Waals surface area contributed by atoms with E-state index in [0.717, 1.165) is 10.2 Å². The van der Waals surface area contributed by atoms with Crippen LogP contribution in [-0.2, 0) is 0 Å². The maximum absolute atomic E-state index is 6.16. The molecule has 21 heavy (non-hydrogen) atoms. The molecule has 3 nitrogen and oxygen atoms in total. The highest BCUT2D eigenvalue weighted by Gasteiger charge is 2.31. The fourth-order valence-corrected chi connectivity index (χ4v) is 3.49. The highest BCUT2D eigenvalue weighted by atomic mass is 79.9. The molecule has 1 aliphatic rings. The first-order valence-electron chi connectivity index (χ1n) is 6.99. The zero-order valence-corrected chi connectivity index (χ0v) is 13.8. The van der Waals surface area contributed by atoms with Crippen LogP contribution in [0.25, 0.3) is 0 Å². The van der Waals surface area contributed by atoms with E-state index in [9.17, 15) is 0 Å². The zero-order valence-electron chi connectivity index (χ0n) is 12.2. The number of para-hydroxylation sites is 1. The summed E-state index contributed by atoms with van der Waals surface area (Å²) in [4.78, 5) is 6.60. The Morgan fingerprint density at radius 1 is 1.10 bits per heavy atom. The third-order valence-corrected chi connectivity index (χ3v) is 4.64. The highest BCUT2D eigenvalue weighted by molar-refractivity contribution is 9.10. The molecule has 1 aliphatic heterocycles. The summed E-state index contributed by atoms with van der Waals surface area (Å²) in [6.45, 7) is 4.99. The summed E-state index contributed by atoms with van der Waals surface area (Å²) < 4.78 is 1.03. The van der Waals surface area contributed by atoms with Crippen molar-refractivity contribution in [3.8, 4) is 0 Å². The van der Waals surface area contributed by atoms with Crippen molar-refractivity contribution in [1.82, 2.24) is 0 Å². The molecule has 0 bridgehead atoms. The van der Waals surface area contributed by atoms with Gasteiger partial charge >= 0.3 is 0 Å². The van der Waals surface area contributed by atoms with Crippen molar-refractivity contribution >= 4 is 27.6 Å². The molecule has 4 heteroatoms. The average molecular weight is 344 g/mol. The summed E-state index contributed by atoms with van der Waals surface area (Å²) in [6, 6.07) is 14.7. The van der Waals surface area contributed by atoms with Crippen LogP contribution >= 0.6 is 15.9 Å². The molecule has 2 aromatic carbocycles. The maximum Gasteiger partial charge on any atom is 0.196 e. The van der Waals surface area contributed by atoms with Crippen molar-refractivity contribution in [3.63, 3.8) is 0 Å². The van der Waals surface area contributed by atoms with Crippen LogP contribution in [0.3, 0.4) is 0 Å². The topological polar surface area (TPSA) is 41.6 Å². The first kappa shape index (κ1) is 14.1. The average Bonchev–Trinajstić information content (AvgIpc) is 2.81. The molecule has 1 unspecified atom stereocenters. The second-order valence-corrected chi connectivity index (χ2v) is 6.20. The van der Waals surface area contributed by atoms with E-state index in [2.05, 4.69) is 63.9 Å². The van der Waals surface area contributed by atoms with Crippen molar-refractivity contribution in [1.29, 1.82) is 0 Å². The fourth-order valence-electron chi connectivity index (χ4n) is 3.01. The third kappa shape index (κ3) is 2.44. The number of nitrogens with zero attached hydrogens (tertiary/aromatic N) is 2. The molecule has 0 fully saturated rings. The van der Waals surface area contributed by atoms with Gasteiger partial charge in [0.05, 0.1) is 18.3 Å². The second kappa shape index (κ2) is 5.53. The zero-order chi connectivity index (χ0) is 15.0. The molecule has 1 atom stereocenters. The fraction of sp³-hybridized carbons (Fsp3) is 0.235. The van der Waals surface area contributed by atoms with Gasteiger partial charge in [0.15, 0.2) is 5.96 Å². The Kier molecular flexibility index (Phi) is 3.72. The van der Waals surface area contributed by atoms with Gasteiger partial charge in [-0.25, -0.2) is 0 Å². The van der Waals surface area contributed by atoms with Gasteiger partial charge in [-0.2, -0.15) is 0 Å². The Hall–Kier alpha value is -1.81. The number of hydrogen-bond acceptors (Lipinski definition) is 3. The quantitative estimate of drug-likeness (QED) is 0.897. The lowest BCUT2D eigenvalue weighted by atomic mass is 9.95. The smallest absolute Gasteiger partial charge is 0.196 e. The van der Waals surface area contributed by atoms with Crippen molar-refractivity contribution in [2.45, 2.75) is 19.9 Å². The van der Waals surface area contributed by atoms with Gasteiger partial charge in [-0.15, -0.1) is 0 Å². The Balaban J connectivity index is 2.10. The summed E-state index contributed by atoms with van der Waals surface area (Å²) in [7, 11) is 0. The molecule has 3 rings (SSSR count). The summed E-state index contributed by atoms with van der Waals surface area (Å²) in [6.07, 6.45) is 0. The molecule has 0 spiro atoms. The van der Waals surface area contributed by atoms with Crippen molar-refractivity contribution in [3.05, 3.63) is 63.6 Å². The van der Waals surface area contributed by atoms with E-state index in [-0.39, 0.29) is 6.04 Å². The maximum atomic E-state index is 6.16. The van der Waals surface area contributed by atoms with Gasteiger partial charge in [-0.1, -0.05) is 30.3 Å². The summed E-state index contributed by atoms with van der Waals surface area (Å²) in [5, 5.41) is 0. The molecule has 2 aromatic rings. The van der Waals surface area contributed by atoms with Crippen molar-refractivity contribution in [2.75, 3.05) is 11.4 Å². The predicted octanol–water partition coefficient (Wildman–Crippen LogP) is 3.94. The van der Waals surface area contributed by atoms with Gasteiger partial charge in [-0.3, -0.25) is 4.99 Å². The number of halogens is 1. The first-order chi connectivity index (χ1) is 10.1. The Bertz CT molecular complexity index is 689. The van der Waals surface area contributed by atoms with E-state index < -0.39 is 0 Å². The van der Waals surface area contributed by atoms with E-state index in [1.54, 1.807) is 0 Å². The van der Waals surface area contributed by atoms with E-state index in [1.165, 1.54) is 16.7 Å². The molecule has 0 saturated carbocycles. The van der Waals surface area contributed by atoms with Gasteiger partial charge in [0, 0.05) is 4.47 Å². The molecule has 0 aliphatic carbocycles. The van der Waals surface area contributed by atoms with Crippen molar-refractivity contribution in [2.24, 2.45) is 10.7 Å². The minimum Gasteiger partial charge on any atom is -0.369 e. The van der Waals surface area contributed by atoms with Crippen LogP contribution in [0, 0.1) is 13.8 Å². The number of aryl methyl sites for hydroxylation is 2. The van der Waals surface area contributed by atoms with Gasteiger partial charge in [0.25, 0.3) is 0 Å². The van der Waals surface area contributed by atoms with Crippen molar-refractivity contribution < 1.29 is 0 Å². The second-order valence-electron chi connectivity index (χ2n) is 5.34. The Morgan fingerprint density at radius 3 is 2.43 bits per heavy atom. The first-order valence-corrected chi connectivity index (χ1v) is 7.78. The van der Waals surface area contributed by atoms with Crippen LogP contribution < -0.4 is 10.6 Å². The molecule has 108 valence electrons. The van der Waals surface area contributed by atoms with Gasteiger partial charge in [-0.05, 0) is 58.6 Å². The Labute approximate surface area is 133 Å². The van der Waals surface area contributed by atoms with Crippen LogP contribution in [-0.4, -0.2) is 12.5 Å². The molecule has 0 aromatic heterocycles. The normalized spacial score (nSPS) is 18.0. The minimum absolute atomic E-state index is 0.157. The highest BCUT2D eigenvalue weighted by Crippen LogP contribution is 2.37. The minimum atomic E-state index is 0.157. The summed E-state index contributed by atoms with van der Waals surface area (Å²) in [5.74, 6) is 0.578. The lowest BCUT2D eigenvalue weighted by molar-refractivity contribution is 0.755. The van der Waals surface area contributed by atoms with Gasteiger partial charge < -0.3 is 10.6 Å². The number of nitrogens with two attached hydrogens (primary N) is 1. The number of rotatable bonds is 2. The van der Waals surface area contributed by atoms with Crippen LogP contribution in [0.5, 0.6) is 0 Å². The van der Waals surface area contributed by atoms with Gasteiger partial charge in [0.1, 0.15) is 0 Å². The predicted molar refractivity (Wildman–Crippen MR) is 91.8 cm³/mol. The largest absolute Gasteiger partial charge is 0.369 e. The summed E-state index contributed by atoms with van der Waals surface area (Å²) >= 11 is 3.62. The number of benzene rings is 2. The molecule has 2 N–H and O–H groups in total. The van der Waals surface area contributed by atoms with E-state index >= 15 is 0 Å². The Morgan fingerprint density at radius 2 is 1.76 bits per heavy atom. The molecule has 0 amide bonds. The summed E-state index contributed by atoms with van der Waals surface area (Å²) in [5.41, 5.74) is 11.1. The van der Waals surface area contributed by atoms with Crippen LogP contribution in [0.1, 0.15) is 22.7 Å². The lowest BCUT2D eigenvalue weighted by Gasteiger charge is -2.29. The number of aliphatic imine (C=N–C) groups is 1. The van der Waals surface area contributed by atoms with Crippen LogP contribution in [0.15, 0.2) is 51.9 Å². The monoisotopic (exact) mass is 343 g/mol. The van der Waals surface area contributed by atoms with Gasteiger partial charge in [0.2, 0.25) is 0 Å². The molecular formula is C17H18BrN3.